The lowest BCUT2D eigenvalue weighted by atomic mass is 10.0. The molecule has 1 amide bonds. The standard InChI is InChI=1S/C25H28N4O2/c1-31-23-14-11-21(12-15-23)24-10-6-3-7-17-29(24)25(30)16-13-22-19-28(27-26-22)18-20-8-4-2-5-9-20/h2,4-5,8-9,11-16,19,24H,3,6-7,10,17-18H2,1H3/b16-13+. The Morgan fingerprint density at radius 2 is 1.90 bits per heavy atom. The van der Waals surface area contributed by atoms with E-state index in [1.165, 1.54) is 0 Å². The summed E-state index contributed by atoms with van der Waals surface area (Å²) in [7, 11) is 1.66. The van der Waals surface area contributed by atoms with E-state index in [-0.39, 0.29) is 11.9 Å². The van der Waals surface area contributed by atoms with Gasteiger partial charge in [-0.25, -0.2) is 4.68 Å². The molecule has 1 aliphatic heterocycles. The lowest BCUT2D eigenvalue weighted by molar-refractivity contribution is -0.128. The van der Waals surface area contributed by atoms with Gasteiger partial charge in [0, 0.05) is 12.6 Å². The lowest BCUT2D eigenvalue weighted by Gasteiger charge is -2.29. The van der Waals surface area contributed by atoms with Crippen molar-refractivity contribution in [2.24, 2.45) is 0 Å². The Balaban J connectivity index is 1.45. The van der Waals surface area contributed by atoms with Crippen molar-refractivity contribution in [3.63, 3.8) is 0 Å². The molecule has 160 valence electrons. The Morgan fingerprint density at radius 1 is 1.10 bits per heavy atom. The minimum atomic E-state index is 0.0142. The van der Waals surface area contributed by atoms with Crippen LogP contribution in [0.3, 0.4) is 0 Å². The first kappa shape index (κ1) is 20.8. The number of rotatable bonds is 6. The van der Waals surface area contributed by atoms with Crippen molar-refractivity contribution >= 4 is 12.0 Å². The second-order valence-electron chi connectivity index (χ2n) is 7.83. The van der Waals surface area contributed by atoms with Crippen LogP contribution in [0.5, 0.6) is 5.75 Å². The van der Waals surface area contributed by atoms with E-state index in [0.29, 0.717) is 12.2 Å². The Bertz CT molecular complexity index is 1010. The number of ether oxygens (including phenoxy) is 1. The summed E-state index contributed by atoms with van der Waals surface area (Å²) >= 11 is 0. The van der Waals surface area contributed by atoms with Crippen LogP contribution in [-0.2, 0) is 11.3 Å². The predicted octanol–water partition coefficient (Wildman–Crippen LogP) is 4.49. The maximum atomic E-state index is 13.1. The molecule has 6 nitrogen and oxygen atoms in total. The average Bonchev–Trinajstić information content (AvgIpc) is 3.11. The van der Waals surface area contributed by atoms with Gasteiger partial charge in [0.05, 0.1) is 25.9 Å². The van der Waals surface area contributed by atoms with Crippen molar-refractivity contribution in [1.29, 1.82) is 0 Å². The average molecular weight is 417 g/mol. The normalized spacial score (nSPS) is 16.9. The zero-order valence-electron chi connectivity index (χ0n) is 17.9. The molecular weight excluding hydrogens is 388 g/mol. The second kappa shape index (κ2) is 10.1. The summed E-state index contributed by atoms with van der Waals surface area (Å²) < 4.78 is 7.06. The monoisotopic (exact) mass is 416 g/mol. The van der Waals surface area contributed by atoms with Gasteiger partial charge in [-0.15, -0.1) is 5.10 Å². The SMILES string of the molecule is COc1ccc(C2CCCCCN2C(=O)/C=C/c2cn(Cc3ccccc3)nn2)cc1. The third-order valence-electron chi connectivity index (χ3n) is 5.68. The number of hydrogen-bond donors (Lipinski definition) is 0. The fourth-order valence-corrected chi connectivity index (χ4v) is 4.03. The van der Waals surface area contributed by atoms with Gasteiger partial charge in [0.2, 0.25) is 5.91 Å². The zero-order valence-corrected chi connectivity index (χ0v) is 17.9. The molecule has 0 aliphatic carbocycles. The molecule has 3 aromatic rings. The molecule has 1 aliphatic rings. The third kappa shape index (κ3) is 5.40. The summed E-state index contributed by atoms with van der Waals surface area (Å²) in [5, 5.41) is 8.36. The molecule has 1 fully saturated rings. The van der Waals surface area contributed by atoms with Crippen molar-refractivity contribution in [3.8, 4) is 5.75 Å². The molecule has 6 heteroatoms. The molecule has 0 radical (unpaired) electrons. The summed E-state index contributed by atoms with van der Waals surface area (Å²) in [6.45, 7) is 1.42. The molecule has 2 aromatic carbocycles. The van der Waals surface area contributed by atoms with Crippen LogP contribution >= 0.6 is 0 Å². The number of carbonyl (C=O) groups is 1. The van der Waals surface area contributed by atoms with Gasteiger partial charge in [0.1, 0.15) is 11.4 Å². The maximum absolute atomic E-state index is 13.1. The summed E-state index contributed by atoms with van der Waals surface area (Å²) in [5.74, 6) is 0.842. The zero-order chi connectivity index (χ0) is 21.5. The number of aromatic nitrogens is 3. The molecule has 31 heavy (non-hydrogen) atoms. The van der Waals surface area contributed by atoms with Gasteiger partial charge in [-0.3, -0.25) is 4.79 Å². The first-order chi connectivity index (χ1) is 15.2. The molecule has 0 bridgehead atoms. The summed E-state index contributed by atoms with van der Waals surface area (Å²) in [4.78, 5) is 15.1. The van der Waals surface area contributed by atoms with Gasteiger partial charge >= 0.3 is 0 Å². The largest absolute Gasteiger partial charge is 0.497 e. The van der Waals surface area contributed by atoms with Gasteiger partial charge in [-0.2, -0.15) is 0 Å². The summed E-state index contributed by atoms with van der Waals surface area (Å²) in [6.07, 6.45) is 9.51. The minimum absolute atomic E-state index is 0.0142. The Kier molecular flexibility index (Phi) is 6.77. The van der Waals surface area contributed by atoms with E-state index < -0.39 is 0 Å². The number of likely N-dealkylation sites (tertiary alicyclic amines) is 1. The van der Waals surface area contributed by atoms with E-state index in [0.717, 1.165) is 49.1 Å². The molecule has 0 N–H and O–H groups in total. The van der Waals surface area contributed by atoms with Gasteiger partial charge in [0.15, 0.2) is 0 Å². The van der Waals surface area contributed by atoms with Gasteiger partial charge in [-0.1, -0.05) is 60.5 Å². The van der Waals surface area contributed by atoms with Crippen LogP contribution in [-0.4, -0.2) is 39.5 Å². The molecular formula is C25H28N4O2. The first-order valence-corrected chi connectivity index (χ1v) is 10.8. The highest BCUT2D eigenvalue weighted by Crippen LogP contribution is 2.31. The topological polar surface area (TPSA) is 60.2 Å². The van der Waals surface area contributed by atoms with E-state index in [2.05, 4.69) is 34.6 Å². The van der Waals surface area contributed by atoms with Crippen molar-refractivity contribution in [3.05, 3.63) is 83.7 Å². The van der Waals surface area contributed by atoms with E-state index in [1.54, 1.807) is 23.9 Å². The second-order valence-corrected chi connectivity index (χ2v) is 7.83. The highest BCUT2D eigenvalue weighted by atomic mass is 16.5. The van der Waals surface area contributed by atoms with Gasteiger partial charge < -0.3 is 9.64 Å². The lowest BCUT2D eigenvalue weighted by Crippen LogP contribution is -2.33. The quantitative estimate of drug-likeness (QED) is 0.556. The van der Waals surface area contributed by atoms with Crippen LogP contribution in [0, 0.1) is 0 Å². The van der Waals surface area contributed by atoms with Crippen LogP contribution in [0.4, 0.5) is 0 Å². The number of benzene rings is 2. The van der Waals surface area contributed by atoms with E-state index in [4.69, 9.17) is 4.74 Å². The molecule has 1 aromatic heterocycles. The van der Waals surface area contributed by atoms with Crippen molar-refractivity contribution in [1.82, 2.24) is 19.9 Å². The Morgan fingerprint density at radius 3 is 2.68 bits per heavy atom. The molecule has 1 atom stereocenters. The molecule has 1 saturated heterocycles. The fraction of sp³-hybridized carbons (Fsp3) is 0.320. The van der Waals surface area contributed by atoms with Crippen LogP contribution in [0.2, 0.25) is 0 Å². The highest BCUT2D eigenvalue weighted by Gasteiger charge is 2.25. The summed E-state index contributed by atoms with van der Waals surface area (Å²) in [5.41, 5.74) is 2.99. The van der Waals surface area contributed by atoms with Crippen molar-refractivity contribution < 1.29 is 9.53 Å². The smallest absolute Gasteiger partial charge is 0.247 e. The number of amides is 1. The van der Waals surface area contributed by atoms with E-state index in [1.807, 2.05) is 41.4 Å². The van der Waals surface area contributed by atoms with Crippen molar-refractivity contribution in [2.45, 2.75) is 38.3 Å². The van der Waals surface area contributed by atoms with Crippen molar-refractivity contribution in [2.75, 3.05) is 13.7 Å². The first-order valence-electron chi connectivity index (χ1n) is 10.8. The molecule has 0 spiro atoms. The number of carbonyl (C=O) groups excluding carboxylic acids is 1. The van der Waals surface area contributed by atoms with Gasteiger partial charge in [-0.05, 0) is 42.2 Å². The summed E-state index contributed by atoms with van der Waals surface area (Å²) in [6, 6.07) is 18.2. The molecule has 2 heterocycles. The molecule has 1 unspecified atom stereocenters. The van der Waals surface area contributed by atoms with Crippen LogP contribution < -0.4 is 4.74 Å². The van der Waals surface area contributed by atoms with Gasteiger partial charge in [0.25, 0.3) is 0 Å². The van der Waals surface area contributed by atoms with Crippen LogP contribution in [0.15, 0.2) is 66.9 Å². The maximum Gasteiger partial charge on any atom is 0.247 e. The molecule has 4 rings (SSSR count). The predicted molar refractivity (Wildman–Crippen MR) is 121 cm³/mol. The fourth-order valence-electron chi connectivity index (χ4n) is 4.03. The minimum Gasteiger partial charge on any atom is -0.497 e. The van der Waals surface area contributed by atoms with E-state index in [9.17, 15) is 4.79 Å². The third-order valence-corrected chi connectivity index (χ3v) is 5.68. The highest BCUT2D eigenvalue weighted by molar-refractivity contribution is 5.91. The number of methoxy groups -OCH3 is 1. The van der Waals surface area contributed by atoms with Crippen LogP contribution in [0.25, 0.3) is 6.08 Å². The van der Waals surface area contributed by atoms with Crippen LogP contribution in [0.1, 0.15) is 48.5 Å². The Labute approximate surface area is 183 Å². The van der Waals surface area contributed by atoms with E-state index >= 15 is 0 Å². The molecule has 0 saturated carbocycles. The Hall–Kier alpha value is -3.41. The number of nitrogens with zero attached hydrogens (tertiary/aromatic N) is 4. The number of hydrogen-bond acceptors (Lipinski definition) is 4.